The smallest absolute Gasteiger partial charge is 0.386 e. The molecule has 0 amide bonds. The Balaban J connectivity index is 1.97. The molecule has 90 valence electrons. The molecule has 0 spiro atoms. The molecule has 0 aromatic heterocycles. The van der Waals surface area contributed by atoms with E-state index in [4.69, 9.17) is 13.6 Å². The lowest BCUT2D eigenvalue weighted by Crippen LogP contribution is -2.25. The average Bonchev–Trinajstić information content (AvgIpc) is 2.36. The maximum Gasteiger partial charge on any atom is 0.399 e. The first-order valence-electron chi connectivity index (χ1n) is 5.44. The van der Waals surface area contributed by atoms with Gasteiger partial charge in [0.1, 0.15) is 18.8 Å². The van der Waals surface area contributed by atoms with E-state index in [1.807, 2.05) is 18.2 Å². The lowest BCUT2D eigenvalue weighted by atomic mass is 10.1. The summed E-state index contributed by atoms with van der Waals surface area (Å²) < 4.78 is 16.6. The molecule has 3 atom stereocenters. The molecule has 0 aliphatic carbocycles. The van der Waals surface area contributed by atoms with Gasteiger partial charge in [-0.2, -0.15) is 13.6 Å². The topological polar surface area (TPSA) is 47.9 Å². The zero-order chi connectivity index (χ0) is 11.6. The van der Waals surface area contributed by atoms with E-state index in [-0.39, 0.29) is 12.2 Å². The molecule has 0 radical (unpaired) electrons. The number of aliphatic hydroxyl groups is 1. The van der Waals surface area contributed by atoms with Crippen molar-refractivity contribution in [2.75, 3.05) is 6.61 Å². The van der Waals surface area contributed by atoms with E-state index in [0.717, 1.165) is 6.42 Å². The van der Waals surface area contributed by atoms with Crippen molar-refractivity contribution in [1.82, 2.24) is 0 Å². The van der Waals surface area contributed by atoms with Crippen LogP contribution in [0.2, 0.25) is 0 Å². The Hall–Kier alpha value is -0.250. The Kier molecular flexibility index (Phi) is 3.77. The van der Waals surface area contributed by atoms with Crippen LogP contribution in [-0.2, 0) is 13.6 Å². The molecule has 16 heavy (non-hydrogen) atoms. The number of rotatable bonds is 2. The standard InChI is InChI=1S/C11H18O4P/c1-11(2,12)6-5-10-8-9-4-3-7-13-16(14-9)15-10/h3-6,9-10,12,16H,7-8H2,1-2H3/q+1/b6-5+/t9-,10?/m0/s1. The fraction of sp³-hybridized carbons (Fsp3) is 0.636. The summed E-state index contributed by atoms with van der Waals surface area (Å²) in [5.74, 6) is 0. The van der Waals surface area contributed by atoms with E-state index in [9.17, 15) is 5.11 Å². The highest BCUT2D eigenvalue weighted by atomic mass is 31.2. The Morgan fingerprint density at radius 1 is 1.44 bits per heavy atom. The summed E-state index contributed by atoms with van der Waals surface area (Å²) in [5, 5.41) is 9.60. The van der Waals surface area contributed by atoms with Crippen molar-refractivity contribution in [2.24, 2.45) is 0 Å². The monoisotopic (exact) mass is 245 g/mol. The lowest BCUT2D eigenvalue weighted by molar-refractivity contribution is 0.0626. The van der Waals surface area contributed by atoms with Gasteiger partial charge in [-0.1, -0.05) is 24.3 Å². The summed E-state index contributed by atoms with van der Waals surface area (Å²) in [6.07, 6.45) is 8.46. The molecule has 2 unspecified atom stereocenters. The van der Waals surface area contributed by atoms with Crippen LogP contribution < -0.4 is 0 Å². The molecule has 0 saturated carbocycles. The second-order valence-corrected chi connectivity index (χ2v) is 5.81. The number of hydrogen-bond donors (Lipinski definition) is 1. The van der Waals surface area contributed by atoms with Gasteiger partial charge in [0.05, 0.1) is 5.60 Å². The van der Waals surface area contributed by atoms with Crippen LogP contribution in [0.5, 0.6) is 0 Å². The second kappa shape index (κ2) is 4.94. The van der Waals surface area contributed by atoms with Gasteiger partial charge in [-0.15, -0.1) is 0 Å². The van der Waals surface area contributed by atoms with Gasteiger partial charge < -0.3 is 5.11 Å². The highest BCUT2D eigenvalue weighted by molar-refractivity contribution is 7.41. The minimum Gasteiger partial charge on any atom is -0.386 e. The van der Waals surface area contributed by atoms with Crippen LogP contribution in [-0.4, -0.2) is 29.5 Å². The SMILES string of the molecule is CC(C)(O)/C=C/C1C[C@@H]2C=CCO[PH+](O1)O2. The van der Waals surface area contributed by atoms with Crippen LogP contribution in [0.3, 0.4) is 0 Å². The maximum atomic E-state index is 9.60. The molecule has 0 aromatic rings. The van der Waals surface area contributed by atoms with E-state index in [1.54, 1.807) is 19.9 Å². The molecule has 5 heteroatoms. The van der Waals surface area contributed by atoms with Gasteiger partial charge in [0, 0.05) is 6.42 Å². The Labute approximate surface area is 96.9 Å². The zero-order valence-corrected chi connectivity index (χ0v) is 10.6. The van der Waals surface area contributed by atoms with Crippen molar-refractivity contribution in [3.05, 3.63) is 24.3 Å². The van der Waals surface area contributed by atoms with E-state index < -0.39 is 14.2 Å². The molecule has 2 aliphatic rings. The van der Waals surface area contributed by atoms with E-state index >= 15 is 0 Å². The van der Waals surface area contributed by atoms with Gasteiger partial charge in [-0.05, 0) is 13.8 Å². The summed E-state index contributed by atoms with van der Waals surface area (Å²) >= 11 is 0. The van der Waals surface area contributed by atoms with Gasteiger partial charge >= 0.3 is 8.60 Å². The molecular formula is C11H18O4P+. The van der Waals surface area contributed by atoms with Crippen molar-refractivity contribution < 1.29 is 18.7 Å². The molecule has 4 nitrogen and oxygen atoms in total. The summed E-state index contributed by atoms with van der Waals surface area (Å²) in [4.78, 5) is 0. The Bertz CT molecular complexity index is 295. The molecule has 1 saturated heterocycles. The minimum atomic E-state index is -1.60. The van der Waals surface area contributed by atoms with E-state index in [2.05, 4.69) is 0 Å². The maximum absolute atomic E-state index is 9.60. The van der Waals surface area contributed by atoms with Crippen LogP contribution in [0, 0.1) is 0 Å². The van der Waals surface area contributed by atoms with Crippen LogP contribution >= 0.6 is 8.60 Å². The first-order valence-corrected chi connectivity index (χ1v) is 6.67. The minimum absolute atomic E-state index is 0.0261. The van der Waals surface area contributed by atoms with Crippen molar-refractivity contribution >= 4 is 8.60 Å². The summed E-state index contributed by atoms with van der Waals surface area (Å²) in [6, 6.07) is 0. The van der Waals surface area contributed by atoms with E-state index in [1.165, 1.54) is 0 Å². The summed E-state index contributed by atoms with van der Waals surface area (Å²) in [5.41, 5.74) is -0.805. The fourth-order valence-electron chi connectivity index (χ4n) is 1.57. The normalized spacial score (nSPS) is 35.3. The molecule has 0 aromatic carbocycles. The van der Waals surface area contributed by atoms with Crippen LogP contribution in [0.15, 0.2) is 24.3 Å². The zero-order valence-electron chi connectivity index (χ0n) is 9.55. The summed E-state index contributed by atoms with van der Waals surface area (Å²) in [6.45, 7) is 4.04. The third kappa shape index (κ3) is 3.65. The van der Waals surface area contributed by atoms with Gasteiger partial charge in [-0.3, -0.25) is 0 Å². The van der Waals surface area contributed by atoms with Crippen molar-refractivity contribution in [1.29, 1.82) is 0 Å². The Morgan fingerprint density at radius 2 is 2.25 bits per heavy atom. The van der Waals surface area contributed by atoms with Gasteiger partial charge in [-0.25, -0.2) is 0 Å². The molecule has 2 heterocycles. The predicted molar refractivity (Wildman–Crippen MR) is 63.2 cm³/mol. The first kappa shape index (κ1) is 12.2. The molecule has 2 aliphatic heterocycles. The second-order valence-electron chi connectivity index (χ2n) is 4.55. The molecule has 1 fully saturated rings. The van der Waals surface area contributed by atoms with E-state index in [0.29, 0.717) is 6.61 Å². The lowest BCUT2D eigenvalue weighted by Gasteiger charge is -2.23. The number of fused-ring (bicyclic) bond motifs is 2. The van der Waals surface area contributed by atoms with Gasteiger partial charge in [0.25, 0.3) is 0 Å². The average molecular weight is 245 g/mol. The Morgan fingerprint density at radius 3 is 3.00 bits per heavy atom. The third-order valence-electron chi connectivity index (χ3n) is 2.33. The number of hydrogen-bond acceptors (Lipinski definition) is 4. The predicted octanol–water partition coefficient (Wildman–Crippen LogP) is 2.03. The molecule has 2 rings (SSSR count). The van der Waals surface area contributed by atoms with Crippen LogP contribution in [0.25, 0.3) is 0 Å². The van der Waals surface area contributed by atoms with Gasteiger partial charge in [0.2, 0.25) is 0 Å². The van der Waals surface area contributed by atoms with Crippen molar-refractivity contribution in [2.45, 2.75) is 38.1 Å². The molecular weight excluding hydrogens is 227 g/mol. The highest BCUT2D eigenvalue weighted by Crippen LogP contribution is 2.48. The largest absolute Gasteiger partial charge is 0.399 e. The third-order valence-corrected chi connectivity index (χ3v) is 3.72. The van der Waals surface area contributed by atoms with Crippen molar-refractivity contribution in [3.63, 3.8) is 0 Å². The summed E-state index contributed by atoms with van der Waals surface area (Å²) in [7, 11) is -1.60. The van der Waals surface area contributed by atoms with Crippen molar-refractivity contribution in [3.8, 4) is 0 Å². The quantitative estimate of drug-likeness (QED) is 0.597. The van der Waals surface area contributed by atoms with Crippen LogP contribution in [0.4, 0.5) is 0 Å². The first-order chi connectivity index (χ1) is 7.53. The molecule has 1 N–H and O–H groups in total. The fourth-order valence-corrected chi connectivity index (χ4v) is 2.84. The van der Waals surface area contributed by atoms with Crippen LogP contribution in [0.1, 0.15) is 20.3 Å². The van der Waals surface area contributed by atoms with Gasteiger partial charge in [0.15, 0.2) is 0 Å². The highest BCUT2D eigenvalue weighted by Gasteiger charge is 2.37. The molecule has 2 bridgehead atoms.